The molecule has 1 amide bonds. The van der Waals surface area contributed by atoms with Gasteiger partial charge in [0.2, 0.25) is 5.91 Å². The molecule has 0 aromatic carbocycles. The van der Waals surface area contributed by atoms with Gasteiger partial charge in [-0.05, 0) is 38.3 Å². The number of likely N-dealkylation sites (tertiary alicyclic amines) is 1. The van der Waals surface area contributed by atoms with E-state index >= 15 is 0 Å². The summed E-state index contributed by atoms with van der Waals surface area (Å²) in [7, 11) is 0. The van der Waals surface area contributed by atoms with Crippen LogP contribution >= 0.6 is 0 Å². The fourth-order valence-corrected chi connectivity index (χ4v) is 4.36. The second-order valence-corrected chi connectivity index (χ2v) is 7.40. The molecule has 0 aliphatic carbocycles. The SMILES string of the molecule is Cc1cc(C)n(CCC(=O)N2CC3CC(C2)c2cccc(=O)n2C3)n1. The van der Waals surface area contributed by atoms with E-state index in [1.807, 2.05) is 46.2 Å². The highest BCUT2D eigenvalue weighted by atomic mass is 16.2. The van der Waals surface area contributed by atoms with Crippen molar-refractivity contribution < 1.29 is 4.79 Å². The minimum absolute atomic E-state index is 0.0801. The summed E-state index contributed by atoms with van der Waals surface area (Å²) >= 11 is 0. The number of piperidine rings is 1. The fraction of sp³-hybridized carbons (Fsp3) is 0.526. The topological polar surface area (TPSA) is 60.1 Å². The van der Waals surface area contributed by atoms with Gasteiger partial charge in [-0.15, -0.1) is 0 Å². The molecule has 2 atom stereocenters. The van der Waals surface area contributed by atoms with Gasteiger partial charge in [0.05, 0.1) is 5.69 Å². The van der Waals surface area contributed by atoms with Crippen molar-refractivity contribution in [1.82, 2.24) is 19.2 Å². The second-order valence-electron chi connectivity index (χ2n) is 7.40. The smallest absolute Gasteiger partial charge is 0.250 e. The molecule has 4 heterocycles. The zero-order valence-electron chi connectivity index (χ0n) is 14.8. The predicted molar refractivity (Wildman–Crippen MR) is 94.4 cm³/mol. The number of rotatable bonds is 3. The van der Waals surface area contributed by atoms with Gasteiger partial charge in [0.25, 0.3) is 5.56 Å². The Morgan fingerprint density at radius 1 is 1.24 bits per heavy atom. The van der Waals surface area contributed by atoms with Crippen LogP contribution < -0.4 is 5.56 Å². The molecular formula is C19H24N4O2. The van der Waals surface area contributed by atoms with Crippen LogP contribution in [0.5, 0.6) is 0 Å². The third-order valence-electron chi connectivity index (χ3n) is 5.47. The molecule has 1 saturated heterocycles. The highest BCUT2D eigenvalue weighted by molar-refractivity contribution is 5.76. The number of pyridine rings is 1. The lowest BCUT2D eigenvalue weighted by Crippen LogP contribution is -2.49. The average Bonchev–Trinajstić information content (AvgIpc) is 2.91. The molecule has 0 radical (unpaired) electrons. The number of carbonyl (C=O) groups excluding carboxylic acids is 1. The van der Waals surface area contributed by atoms with E-state index in [-0.39, 0.29) is 17.4 Å². The Morgan fingerprint density at radius 2 is 2.08 bits per heavy atom. The van der Waals surface area contributed by atoms with Gasteiger partial charge in [-0.25, -0.2) is 0 Å². The van der Waals surface area contributed by atoms with Crippen LogP contribution in [0.15, 0.2) is 29.1 Å². The van der Waals surface area contributed by atoms with E-state index < -0.39 is 0 Å². The molecule has 6 nitrogen and oxygen atoms in total. The maximum absolute atomic E-state index is 12.7. The predicted octanol–water partition coefficient (Wildman–Crippen LogP) is 1.70. The molecule has 25 heavy (non-hydrogen) atoms. The van der Waals surface area contributed by atoms with Crippen LogP contribution in [0, 0.1) is 19.8 Å². The number of aryl methyl sites for hydroxylation is 3. The van der Waals surface area contributed by atoms with Crippen molar-refractivity contribution >= 4 is 5.91 Å². The Bertz CT molecular complexity index is 867. The van der Waals surface area contributed by atoms with Crippen molar-refractivity contribution in [3.63, 3.8) is 0 Å². The van der Waals surface area contributed by atoms with Gasteiger partial charge in [0.15, 0.2) is 0 Å². The van der Waals surface area contributed by atoms with E-state index in [1.165, 1.54) is 0 Å². The third-order valence-corrected chi connectivity index (χ3v) is 5.47. The normalized spacial score (nSPS) is 21.9. The van der Waals surface area contributed by atoms with Crippen molar-refractivity contribution in [2.45, 2.75) is 45.7 Å². The molecule has 6 heteroatoms. The summed E-state index contributed by atoms with van der Waals surface area (Å²) in [4.78, 5) is 26.8. The highest BCUT2D eigenvalue weighted by Gasteiger charge is 2.35. The van der Waals surface area contributed by atoms with Gasteiger partial charge in [-0.1, -0.05) is 6.07 Å². The van der Waals surface area contributed by atoms with Crippen LogP contribution in [0.2, 0.25) is 0 Å². The summed E-state index contributed by atoms with van der Waals surface area (Å²) in [5.74, 6) is 0.844. The van der Waals surface area contributed by atoms with Crippen molar-refractivity contribution in [1.29, 1.82) is 0 Å². The molecule has 0 saturated carbocycles. The highest BCUT2D eigenvalue weighted by Crippen LogP contribution is 2.35. The number of amides is 1. The number of nitrogens with zero attached hydrogens (tertiary/aromatic N) is 4. The van der Waals surface area contributed by atoms with Crippen molar-refractivity contribution in [2.24, 2.45) is 5.92 Å². The molecule has 2 unspecified atom stereocenters. The molecule has 2 aliphatic rings. The molecular weight excluding hydrogens is 316 g/mol. The van der Waals surface area contributed by atoms with Crippen molar-refractivity contribution in [2.75, 3.05) is 13.1 Å². The number of hydrogen-bond donors (Lipinski definition) is 0. The quantitative estimate of drug-likeness (QED) is 0.854. The lowest BCUT2D eigenvalue weighted by atomic mass is 9.83. The molecule has 132 valence electrons. The standard InChI is InChI=1S/C19H24N4O2/c1-13-8-14(2)23(20-13)7-6-18(24)21-10-15-9-16(12-21)17-4-3-5-19(25)22(17)11-15/h3-5,8,15-16H,6-7,9-12H2,1-2H3. The first-order valence-electron chi connectivity index (χ1n) is 9.00. The van der Waals surface area contributed by atoms with Gasteiger partial charge < -0.3 is 9.47 Å². The van der Waals surface area contributed by atoms with Crippen molar-refractivity contribution in [3.8, 4) is 0 Å². The zero-order valence-corrected chi connectivity index (χ0v) is 14.8. The third kappa shape index (κ3) is 3.01. The lowest BCUT2D eigenvalue weighted by molar-refractivity contribution is -0.134. The molecule has 2 aliphatic heterocycles. The molecule has 2 aromatic rings. The van der Waals surface area contributed by atoms with Crippen LogP contribution in [0.1, 0.15) is 35.8 Å². The molecule has 2 aromatic heterocycles. The van der Waals surface area contributed by atoms with E-state index in [0.717, 1.165) is 43.1 Å². The Morgan fingerprint density at radius 3 is 2.84 bits per heavy atom. The first-order valence-corrected chi connectivity index (χ1v) is 9.00. The Labute approximate surface area is 147 Å². The lowest BCUT2D eigenvalue weighted by Gasteiger charge is -2.42. The van der Waals surface area contributed by atoms with Crippen LogP contribution in [0.3, 0.4) is 0 Å². The second kappa shape index (κ2) is 6.17. The Balaban J connectivity index is 1.45. The first-order chi connectivity index (χ1) is 12.0. The summed E-state index contributed by atoms with van der Waals surface area (Å²) in [5.41, 5.74) is 3.24. The van der Waals surface area contributed by atoms with Gasteiger partial charge in [0.1, 0.15) is 0 Å². The van der Waals surface area contributed by atoms with E-state index in [0.29, 0.717) is 18.9 Å². The summed E-state index contributed by atoms with van der Waals surface area (Å²) < 4.78 is 3.81. The Hall–Kier alpha value is -2.37. The summed E-state index contributed by atoms with van der Waals surface area (Å²) in [6.45, 7) is 6.82. The van der Waals surface area contributed by atoms with E-state index in [1.54, 1.807) is 6.07 Å². The molecule has 4 rings (SSSR count). The summed E-state index contributed by atoms with van der Waals surface area (Å²) in [5, 5.41) is 4.43. The first kappa shape index (κ1) is 16.1. The fourth-order valence-electron chi connectivity index (χ4n) is 4.36. The van der Waals surface area contributed by atoms with Crippen LogP contribution in [0.4, 0.5) is 0 Å². The van der Waals surface area contributed by atoms with Gasteiger partial charge in [-0.3, -0.25) is 14.3 Å². The van der Waals surface area contributed by atoms with Gasteiger partial charge >= 0.3 is 0 Å². The minimum atomic E-state index is 0.0801. The summed E-state index contributed by atoms with van der Waals surface area (Å²) in [6.07, 6.45) is 1.55. The molecule has 0 spiro atoms. The number of carbonyl (C=O) groups is 1. The van der Waals surface area contributed by atoms with Crippen LogP contribution in [0.25, 0.3) is 0 Å². The largest absolute Gasteiger partial charge is 0.342 e. The molecule has 0 N–H and O–H groups in total. The summed E-state index contributed by atoms with van der Waals surface area (Å²) in [6, 6.07) is 7.52. The number of fused-ring (bicyclic) bond motifs is 4. The van der Waals surface area contributed by atoms with Crippen LogP contribution in [-0.4, -0.2) is 38.2 Å². The molecule has 1 fully saturated rings. The minimum Gasteiger partial charge on any atom is -0.342 e. The van der Waals surface area contributed by atoms with Gasteiger partial charge in [0, 0.05) is 56.0 Å². The van der Waals surface area contributed by atoms with E-state index in [2.05, 4.69) is 5.10 Å². The number of aromatic nitrogens is 3. The zero-order chi connectivity index (χ0) is 17.6. The maximum atomic E-state index is 12.7. The van der Waals surface area contributed by atoms with E-state index in [9.17, 15) is 9.59 Å². The molecule has 2 bridgehead atoms. The maximum Gasteiger partial charge on any atom is 0.250 e. The van der Waals surface area contributed by atoms with E-state index in [4.69, 9.17) is 0 Å². The average molecular weight is 340 g/mol. The monoisotopic (exact) mass is 340 g/mol. The van der Waals surface area contributed by atoms with Crippen molar-refractivity contribution in [3.05, 3.63) is 51.7 Å². The van der Waals surface area contributed by atoms with Crippen LogP contribution in [-0.2, 0) is 17.9 Å². The Kier molecular flexibility index (Phi) is 3.98. The number of hydrogen-bond acceptors (Lipinski definition) is 3. The van der Waals surface area contributed by atoms with Gasteiger partial charge in [-0.2, -0.15) is 5.10 Å².